The average Bonchev–Trinajstić information content (AvgIpc) is 2.16. The van der Waals surface area contributed by atoms with Crippen LogP contribution < -0.4 is 11.1 Å². The average molecular weight is 186 g/mol. The summed E-state index contributed by atoms with van der Waals surface area (Å²) in [7, 11) is 0. The van der Waals surface area contributed by atoms with Gasteiger partial charge in [0.15, 0.2) is 0 Å². The van der Waals surface area contributed by atoms with Gasteiger partial charge in [0, 0.05) is 6.54 Å². The smallest absolute Gasteiger partial charge is 0.236 e. The van der Waals surface area contributed by atoms with Crippen molar-refractivity contribution in [2.75, 3.05) is 6.54 Å². The van der Waals surface area contributed by atoms with Gasteiger partial charge in [0.25, 0.3) is 0 Å². The van der Waals surface area contributed by atoms with Crippen LogP contribution in [0.5, 0.6) is 0 Å². The Morgan fingerprint density at radius 3 is 2.54 bits per heavy atom. The SMILES string of the molecule is CCCCCCNC(=O)C(N)CC. The van der Waals surface area contributed by atoms with Crippen molar-refractivity contribution >= 4 is 5.91 Å². The summed E-state index contributed by atoms with van der Waals surface area (Å²) >= 11 is 0. The molecule has 0 aromatic heterocycles. The molecule has 1 unspecified atom stereocenters. The molecule has 13 heavy (non-hydrogen) atoms. The fraction of sp³-hybridized carbons (Fsp3) is 0.900. The molecule has 0 aliphatic rings. The number of nitrogens with one attached hydrogen (secondary N) is 1. The molecule has 1 atom stereocenters. The first-order valence-corrected chi connectivity index (χ1v) is 5.25. The number of hydrogen-bond acceptors (Lipinski definition) is 2. The van der Waals surface area contributed by atoms with Crippen LogP contribution in [0.15, 0.2) is 0 Å². The molecule has 0 fully saturated rings. The number of carbonyl (C=O) groups is 1. The Hall–Kier alpha value is -0.570. The Balaban J connectivity index is 3.27. The van der Waals surface area contributed by atoms with E-state index in [-0.39, 0.29) is 11.9 Å². The van der Waals surface area contributed by atoms with Crippen LogP contribution in [-0.2, 0) is 4.79 Å². The molecular formula is C10H22N2O. The Bertz CT molecular complexity index is 137. The zero-order valence-corrected chi connectivity index (χ0v) is 8.81. The van der Waals surface area contributed by atoms with Crippen molar-refractivity contribution in [3.05, 3.63) is 0 Å². The molecule has 0 aliphatic carbocycles. The van der Waals surface area contributed by atoms with Crippen LogP contribution in [-0.4, -0.2) is 18.5 Å². The highest BCUT2D eigenvalue weighted by Crippen LogP contribution is 1.97. The maximum atomic E-state index is 11.2. The van der Waals surface area contributed by atoms with Crippen molar-refractivity contribution in [3.63, 3.8) is 0 Å². The highest BCUT2D eigenvalue weighted by Gasteiger charge is 2.08. The Kier molecular flexibility index (Phi) is 7.69. The lowest BCUT2D eigenvalue weighted by Crippen LogP contribution is -2.40. The van der Waals surface area contributed by atoms with E-state index in [0.717, 1.165) is 13.0 Å². The van der Waals surface area contributed by atoms with Gasteiger partial charge in [0.2, 0.25) is 5.91 Å². The van der Waals surface area contributed by atoms with E-state index in [1.165, 1.54) is 19.3 Å². The van der Waals surface area contributed by atoms with Crippen LogP contribution in [0.2, 0.25) is 0 Å². The van der Waals surface area contributed by atoms with Gasteiger partial charge in [-0.3, -0.25) is 4.79 Å². The molecule has 0 aromatic rings. The van der Waals surface area contributed by atoms with Crippen molar-refractivity contribution in [1.82, 2.24) is 5.32 Å². The second-order valence-electron chi connectivity index (χ2n) is 3.37. The number of amides is 1. The molecule has 0 saturated carbocycles. The van der Waals surface area contributed by atoms with Gasteiger partial charge < -0.3 is 11.1 Å². The molecule has 0 saturated heterocycles. The molecule has 0 aromatic carbocycles. The van der Waals surface area contributed by atoms with E-state index in [0.29, 0.717) is 6.42 Å². The highest BCUT2D eigenvalue weighted by atomic mass is 16.2. The number of carbonyl (C=O) groups excluding carboxylic acids is 1. The molecule has 78 valence electrons. The minimum absolute atomic E-state index is 0.0148. The van der Waals surface area contributed by atoms with E-state index in [2.05, 4.69) is 12.2 Å². The van der Waals surface area contributed by atoms with Crippen molar-refractivity contribution in [2.24, 2.45) is 5.73 Å². The number of nitrogens with two attached hydrogens (primary N) is 1. The molecule has 0 heterocycles. The second kappa shape index (κ2) is 8.05. The van der Waals surface area contributed by atoms with Crippen molar-refractivity contribution in [1.29, 1.82) is 0 Å². The molecule has 0 radical (unpaired) electrons. The summed E-state index contributed by atoms with van der Waals surface area (Å²) < 4.78 is 0. The molecule has 0 spiro atoms. The summed E-state index contributed by atoms with van der Waals surface area (Å²) in [5.74, 6) is -0.0148. The monoisotopic (exact) mass is 186 g/mol. The van der Waals surface area contributed by atoms with Gasteiger partial charge in [-0.15, -0.1) is 0 Å². The van der Waals surface area contributed by atoms with Gasteiger partial charge in [-0.25, -0.2) is 0 Å². The second-order valence-corrected chi connectivity index (χ2v) is 3.37. The van der Waals surface area contributed by atoms with Crippen LogP contribution in [0, 0.1) is 0 Å². The minimum atomic E-state index is -0.328. The third-order valence-electron chi connectivity index (χ3n) is 2.11. The lowest BCUT2D eigenvalue weighted by molar-refractivity contribution is -0.122. The first-order valence-electron chi connectivity index (χ1n) is 5.25. The summed E-state index contributed by atoms with van der Waals surface area (Å²) in [4.78, 5) is 11.2. The molecule has 0 rings (SSSR count). The summed E-state index contributed by atoms with van der Waals surface area (Å²) in [6.45, 7) is 4.86. The molecule has 3 heteroatoms. The zero-order valence-electron chi connectivity index (χ0n) is 8.81. The van der Waals surface area contributed by atoms with E-state index in [1.807, 2.05) is 6.92 Å². The number of hydrogen-bond donors (Lipinski definition) is 2. The van der Waals surface area contributed by atoms with Gasteiger partial charge in [0.1, 0.15) is 0 Å². The van der Waals surface area contributed by atoms with Crippen LogP contribution in [0.1, 0.15) is 46.0 Å². The lowest BCUT2D eigenvalue weighted by atomic mass is 10.2. The van der Waals surface area contributed by atoms with E-state index in [9.17, 15) is 4.79 Å². The van der Waals surface area contributed by atoms with Gasteiger partial charge in [-0.1, -0.05) is 33.1 Å². The summed E-state index contributed by atoms with van der Waals surface area (Å²) in [6.07, 6.45) is 5.44. The summed E-state index contributed by atoms with van der Waals surface area (Å²) in [5, 5.41) is 2.83. The van der Waals surface area contributed by atoms with Crippen LogP contribution >= 0.6 is 0 Å². The first kappa shape index (κ1) is 12.4. The van der Waals surface area contributed by atoms with Gasteiger partial charge in [-0.05, 0) is 12.8 Å². The first-order chi connectivity index (χ1) is 6.22. The van der Waals surface area contributed by atoms with Gasteiger partial charge in [0.05, 0.1) is 6.04 Å². The topological polar surface area (TPSA) is 55.1 Å². The summed E-state index contributed by atoms with van der Waals surface area (Å²) in [5.41, 5.74) is 5.55. The van der Waals surface area contributed by atoms with Crippen molar-refractivity contribution in [3.8, 4) is 0 Å². The summed E-state index contributed by atoms with van der Waals surface area (Å²) in [6, 6.07) is -0.328. The molecule has 0 aliphatic heterocycles. The Morgan fingerprint density at radius 2 is 2.00 bits per heavy atom. The molecular weight excluding hydrogens is 164 g/mol. The highest BCUT2D eigenvalue weighted by molar-refractivity contribution is 5.81. The maximum Gasteiger partial charge on any atom is 0.236 e. The zero-order chi connectivity index (χ0) is 10.1. The fourth-order valence-electron chi connectivity index (χ4n) is 1.08. The van der Waals surface area contributed by atoms with Crippen LogP contribution in [0.3, 0.4) is 0 Å². The van der Waals surface area contributed by atoms with Gasteiger partial charge >= 0.3 is 0 Å². The molecule has 0 bridgehead atoms. The van der Waals surface area contributed by atoms with Crippen molar-refractivity contribution in [2.45, 2.75) is 52.0 Å². The fourth-order valence-corrected chi connectivity index (χ4v) is 1.08. The third kappa shape index (κ3) is 6.58. The largest absolute Gasteiger partial charge is 0.355 e. The van der Waals surface area contributed by atoms with Crippen molar-refractivity contribution < 1.29 is 4.79 Å². The molecule has 1 amide bonds. The lowest BCUT2D eigenvalue weighted by Gasteiger charge is -2.09. The molecule has 3 N–H and O–H groups in total. The van der Waals surface area contributed by atoms with Crippen LogP contribution in [0.25, 0.3) is 0 Å². The predicted molar refractivity (Wildman–Crippen MR) is 55.4 cm³/mol. The van der Waals surface area contributed by atoms with E-state index < -0.39 is 0 Å². The Morgan fingerprint density at radius 1 is 1.31 bits per heavy atom. The third-order valence-corrected chi connectivity index (χ3v) is 2.11. The predicted octanol–water partition coefficient (Wildman–Crippen LogP) is 1.42. The number of rotatable bonds is 7. The van der Waals surface area contributed by atoms with E-state index in [4.69, 9.17) is 5.73 Å². The van der Waals surface area contributed by atoms with E-state index >= 15 is 0 Å². The van der Waals surface area contributed by atoms with E-state index in [1.54, 1.807) is 0 Å². The maximum absolute atomic E-state index is 11.2. The van der Waals surface area contributed by atoms with Gasteiger partial charge in [-0.2, -0.15) is 0 Å². The molecule has 3 nitrogen and oxygen atoms in total. The normalized spacial score (nSPS) is 12.5. The Labute approximate surface area is 81.1 Å². The standard InChI is InChI=1S/C10H22N2O/c1-3-5-6-7-8-12-10(13)9(11)4-2/h9H,3-8,11H2,1-2H3,(H,12,13). The van der Waals surface area contributed by atoms with Crippen LogP contribution in [0.4, 0.5) is 0 Å². The minimum Gasteiger partial charge on any atom is -0.355 e. The number of unbranched alkanes of at least 4 members (excludes halogenated alkanes) is 3. The quantitative estimate of drug-likeness (QED) is 0.591.